The quantitative estimate of drug-likeness (QED) is 0.702. The van der Waals surface area contributed by atoms with E-state index >= 15 is 0 Å². The van der Waals surface area contributed by atoms with Gasteiger partial charge in [0.05, 0.1) is 0 Å². The van der Waals surface area contributed by atoms with Gasteiger partial charge in [-0.3, -0.25) is 4.79 Å². The van der Waals surface area contributed by atoms with Crippen LogP contribution < -0.4 is 11.1 Å². The summed E-state index contributed by atoms with van der Waals surface area (Å²) >= 11 is 0. The molecule has 1 unspecified atom stereocenters. The minimum atomic E-state index is -0.194. The molecule has 0 bridgehead atoms. The van der Waals surface area contributed by atoms with E-state index in [4.69, 9.17) is 5.73 Å². The normalized spacial score (nSPS) is 20.6. The second-order valence-corrected chi connectivity index (χ2v) is 4.40. The summed E-state index contributed by atoms with van der Waals surface area (Å²) < 4.78 is 0. The average Bonchev–Trinajstić information content (AvgIpc) is 2.17. The smallest absolute Gasteiger partial charge is 0.218 e. The Bertz CT molecular complexity index is 176. The Morgan fingerprint density at radius 1 is 1.43 bits per heavy atom. The van der Waals surface area contributed by atoms with E-state index in [2.05, 4.69) is 5.32 Å². The molecule has 1 fully saturated rings. The number of carbonyl (C=O) groups excluding carboxylic acids is 1. The second-order valence-electron chi connectivity index (χ2n) is 4.40. The Kier molecular flexibility index (Phi) is 4.94. The molecule has 1 atom stereocenters. The fourth-order valence-electron chi connectivity index (χ4n) is 2.37. The second kappa shape index (κ2) is 6.02. The van der Waals surface area contributed by atoms with Gasteiger partial charge in [0.25, 0.3) is 0 Å². The van der Waals surface area contributed by atoms with Crippen LogP contribution in [0.5, 0.6) is 0 Å². The number of nitrogens with one attached hydrogen (secondary N) is 1. The lowest BCUT2D eigenvalue weighted by Crippen LogP contribution is -2.33. The molecule has 3 heteroatoms. The van der Waals surface area contributed by atoms with Gasteiger partial charge in [-0.25, -0.2) is 0 Å². The molecule has 14 heavy (non-hydrogen) atoms. The van der Waals surface area contributed by atoms with Gasteiger partial charge in [-0.1, -0.05) is 32.1 Å². The molecule has 0 aromatic carbocycles. The average molecular weight is 198 g/mol. The van der Waals surface area contributed by atoms with E-state index in [1.807, 2.05) is 7.05 Å². The molecular weight excluding hydrogens is 176 g/mol. The SMILES string of the molecule is CNC(CC(N)=O)CC1CCCCC1. The van der Waals surface area contributed by atoms with E-state index in [1.54, 1.807) is 0 Å². The lowest BCUT2D eigenvalue weighted by molar-refractivity contribution is -0.118. The van der Waals surface area contributed by atoms with Crippen molar-refractivity contribution in [3.05, 3.63) is 0 Å². The summed E-state index contributed by atoms with van der Waals surface area (Å²) in [6.45, 7) is 0. The van der Waals surface area contributed by atoms with Gasteiger partial charge in [0, 0.05) is 12.5 Å². The third-order valence-corrected chi connectivity index (χ3v) is 3.20. The summed E-state index contributed by atoms with van der Waals surface area (Å²) in [7, 11) is 1.91. The van der Waals surface area contributed by atoms with Crippen LogP contribution in [0.1, 0.15) is 44.9 Å². The van der Waals surface area contributed by atoms with Crippen molar-refractivity contribution in [2.75, 3.05) is 7.05 Å². The monoisotopic (exact) mass is 198 g/mol. The number of amides is 1. The van der Waals surface area contributed by atoms with E-state index in [0.717, 1.165) is 12.3 Å². The first-order chi connectivity index (χ1) is 6.72. The molecule has 1 rings (SSSR count). The van der Waals surface area contributed by atoms with Crippen molar-refractivity contribution in [3.8, 4) is 0 Å². The Morgan fingerprint density at radius 2 is 2.07 bits per heavy atom. The summed E-state index contributed by atoms with van der Waals surface area (Å²) in [6.07, 6.45) is 8.35. The number of nitrogens with two attached hydrogens (primary N) is 1. The molecule has 82 valence electrons. The highest BCUT2D eigenvalue weighted by atomic mass is 16.1. The molecule has 0 aromatic rings. The van der Waals surface area contributed by atoms with Crippen molar-refractivity contribution in [3.63, 3.8) is 0 Å². The minimum absolute atomic E-state index is 0.194. The molecule has 0 aromatic heterocycles. The van der Waals surface area contributed by atoms with Crippen LogP contribution in [0.4, 0.5) is 0 Å². The van der Waals surface area contributed by atoms with Crippen LogP contribution in [-0.2, 0) is 4.79 Å². The Balaban J connectivity index is 2.27. The van der Waals surface area contributed by atoms with E-state index < -0.39 is 0 Å². The lowest BCUT2D eigenvalue weighted by Gasteiger charge is -2.25. The van der Waals surface area contributed by atoms with Crippen molar-refractivity contribution in [2.45, 2.75) is 51.0 Å². The standard InChI is InChI=1S/C11H22N2O/c1-13-10(8-11(12)14)7-9-5-3-2-4-6-9/h9-10,13H,2-8H2,1H3,(H2,12,14). The molecule has 1 aliphatic carbocycles. The molecule has 1 amide bonds. The zero-order valence-electron chi connectivity index (χ0n) is 9.09. The Morgan fingerprint density at radius 3 is 2.57 bits per heavy atom. The highest BCUT2D eigenvalue weighted by Crippen LogP contribution is 2.27. The predicted molar refractivity (Wildman–Crippen MR) is 57.9 cm³/mol. The molecule has 0 spiro atoms. The highest BCUT2D eigenvalue weighted by molar-refractivity contribution is 5.74. The fourth-order valence-corrected chi connectivity index (χ4v) is 2.37. The summed E-state index contributed by atoms with van der Waals surface area (Å²) in [6, 6.07) is 0.288. The molecular formula is C11H22N2O. The van der Waals surface area contributed by atoms with Gasteiger partial charge in [-0.2, -0.15) is 0 Å². The van der Waals surface area contributed by atoms with Crippen molar-refractivity contribution >= 4 is 5.91 Å². The van der Waals surface area contributed by atoms with Crippen molar-refractivity contribution in [2.24, 2.45) is 11.7 Å². The van der Waals surface area contributed by atoms with Crippen LogP contribution in [-0.4, -0.2) is 19.0 Å². The molecule has 1 saturated carbocycles. The first kappa shape index (κ1) is 11.5. The van der Waals surface area contributed by atoms with Gasteiger partial charge in [-0.15, -0.1) is 0 Å². The molecule has 0 heterocycles. The number of hydrogen-bond donors (Lipinski definition) is 2. The van der Waals surface area contributed by atoms with Gasteiger partial charge in [0.1, 0.15) is 0 Å². The lowest BCUT2D eigenvalue weighted by atomic mass is 9.84. The van der Waals surface area contributed by atoms with Crippen molar-refractivity contribution in [1.82, 2.24) is 5.32 Å². The van der Waals surface area contributed by atoms with Crippen LogP contribution >= 0.6 is 0 Å². The van der Waals surface area contributed by atoms with Gasteiger partial charge in [0.15, 0.2) is 0 Å². The maximum Gasteiger partial charge on any atom is 0.218 e. The van der Waals surface area contributed by atoms with Crippen molar-refractivity contribution < 1.29 is 4.79 Å². The van der Waals surface area contributed by atoms with Gasteiger partial charge in [0.2, 0.25) is 5.91 Å². The molecule has 0 aliphatic heterocycles. The molecule has 0 radical (unpaired) electrons. The van der Waals surface area contributed by atoms with E-state index in [0.29, 0.717) is 6.42 Å². The summed E-state index contributed by atoms with van der Waals surface area (Å²) in [4.78, 5) is 10.8. The van der Waals surface area contributed by atoms with E-state index in [-0.39, 0.29) is 11.9 Å². The molecule has 0 saturated heterocycles. The third kappa shape index (κ3) is 4.09. The zero-order chi connectivity index (χ0) is 10.4. The maximum atomic E-state index is 10.8. The molecule has 1 aliphatic rings. The number of hydrogen-bond acceptors (Lipinski definition) is 2. The summed E-state index contributed by atoms with van der Waals surface area (Å²) in [5.74, 6) is 0.612. The molecule has 3 N–H and O–H groups in total. The highest BCUT2D eigenvalue weighted by Gasteiger charge is 2.18. The number of rotatable bonds is 5. The Labute approximate surface area is 86.4 Å². The van der Waals surface area contributed by atoms with Crippen LogP contribution in [0.3, 0.4) is 0 Å². The molecule has 3 nitrogen and oxygen atoms in total. The predicted octanol–water partition coefficient (Wildman–Crippen LogP) is 1.42. The zero-order valence-corrected chi connectivity index (χ0v) is 9.09. The summed E-state index contributed by atoms with van der Waals surface area (Å²) in [5.41, 5.74) is 5.20. The van der Waals surface area contributed by atoms with Crippen LogP contribution in [0.25, 0.3) is 0 Å². The maximum absolute atomic E-state index is 10.8. The van der Waals surface area contributed by atoms with Crippen LogP contribution in [0, 0.1) is 5.92 Å². The first-order valence-corrected chi connectivity index (χ1v) is 5.68. The van der Waals surface area contributed by atoms with Gasteiger partial charge in [-0.05, 0) is 19.4 Å². The topological polar surface area (TPSA) is 55.1 Å². The van der Waals surface area contributed by atoms with Crippen LogP contribution in [0.2, 0.25) is 0 Å². The summed E-state index contributed by atoms with van der Waals surface area (Å²) in [5, 5.41) is 3.18. The van der Waals surface area contributed by atoms with E-state index in [1.165, 1.54) is 32.1 Å². The van der Waals surface area contributed by atoms with Gasteiger partial charge >= 0.3 is 0 Å². The number of carbonyl (C=O) groups is 1. The minimum Gasteiger partial charge on any atom is -0.370 e. The largest absolute Gasteiger partial charge is 0.370 e. The number of primary amides is 1. The van der Waals surface area contributed by atoms with Gasteiger partial charge < -0.3 is 11.1 Å². The van der Waals surface area contributed by atoms with E-state index in [9.17, 15) is 4.79 Å². The first-order valence-electron chi connectivity index (χ1n) is 5.68. The van der Waals surface area contributed by atoms with Crippen molar-refractivity contribution in [1.29, 1.82) is 0 Å². The van der Waals surface area contributed by atoms with Crippen LogP contribution in [0.15, 0.2) is 0 Å². The third-order valence-electron chi connectivity index (χ3n) is 3.20. The fraction of sp³-hybridized carbons (Fsp3) is 0.909. The Hall–Kier alpha value is -0.570.